The SMILES string of the molecule is CC1=C(Nc2ccc(C(=O)Nc3ccc(C(N)OC(=O)C(F)(F)F)cc3)cc2Cl)CCC1=O. The van der Waals surface area contributed by atoms with Gasteiger partial charge in [0.2, 0.25) is 0 Å². The molecule has 1 amide bonds. The molecule has 1 unspecified atom stereocenters. The maximum absolute atomic E-state index is 12.5. The van der Waals surface area contributed by atoms with E-state index < -0.39 is 24.3 Å². The number of esters is 1. The molecule has 0 spiro atoms. The van der Waals surface area contributed by atoms with Gasteiger partial charge < -0.3 is 15.4 Å². The van der Waals surface area contributed by atoms with Gasteiger partial charge >= 0.3 is 12.1 Å². The molecule has 1 atom stereocenters. The van der Waals surface area contributed by atoms with Crippen LogP contribution in [0.5, 0.6) is 0 Å². The van der Waals surface area contributed by atoms with Crippen LogP contribution in [-0.2, 0) is 14.3 Å². The van der Waals surface area contributed by atoms with Gasteiger partial charge in [-0.3, -0.25) is 15.3 Å². The van der Waals surface area contributed by atoms with Gasteiger partial charge in [0.15, 0.2) is 12.0 Å². The maximum Gasteiger partial charge on any atom is 0.490 e. The number of benzene rings is 2. The lowest BCUT2D eigenvalue weighted by Gasteiger charge is -2.15. The van der Waals surface area contributed by atoms with Gasteiger partial charge in [-0.15, -0.1) is 0 Å². The smallest absolute Gasteiger partial charge is 0.436 e. The standard InChI is InChI=1S/C22H19ClF3N3O4/c1-11-16(8-9-18(11)30)29-17-7-4-13(10-15(17)23)20(31)28-14-5-2-12(3-6-14)19(27)33-21(32)22(24,25)26/h2-7,10,19,29H,8-9,27H2,1H3,(H,28,31). The highest BCUT2D eigenvalue weighted by molar-refractivity contribution is 6.33. The third-order valence-corrected chi connectivity index (χ3v) is 5.27. The van der Waals surface area contributed by atoms with Crippen LogP contribution < -0.4 is 16.4 Å². The van der Waals surface area contributed by atoms with E-state index >= 15 is 0 Å². The van der Waals surface area contributed by atoms with Crippen LogP contribution in [0.4, 0.5) is 24.5 Å². The number of nitrogens with one attached hydrogen (secondary N) is 2. The van der Waals surface area contributed by atoms with Crippen molar-refractivity contribution < 1.29 is 32.3 Å². The molecule has 2 aromatic rings. The number of nitrogens with two attached hydrogens (primary N) is 1. The minimum atomic E-state index is -5.15. The van der Waals surface area contributed by atoms with Crippen LogP contribution in [0.25, 0.3) is 0 Å². The van der Waals surface area contributed by atoms with Gasteiger partial charge in [-0.05, 0) is 43.7 Å². The first-order chi connectivity index (χ1) is 15.5. The number of Topliss-reactive ketones (excluding diaryl/α,β-unsaturated/α-hetero) is 1. The number of amides is 1. The number of anilines is 2. The molecular weight excluding hydrogens is 463 g/mol. The van der Waals surface area contributed by atoms with E-state index in [0.29, 0.717) is 29.8 Å². The number of alkyl halides is 3. The monoisotopic (exact) mass is 481 g/mol. The second-order valence-corrected chi connectivity index (χ2v) is 7.65. The van der Waals surface area contributed by atoms with Crippen LogP contribution >= 0.6 is 11.6 Å². The Balaban J connectivity index is 1.63. The van der Waals surface area contributed by atoms with Crippen LogP contribution in [0.15, 0.2) is 53.7 Å². The third-order valence-electron chi connectivity index (χ3n) is 4.95. The van der Waals surface area contributed by atoms with Crippen LogP contribution in [-0.4, -0.2) is 23.8 Å². The highest BCUT2D eigenvalue weighted by Crippen LogP contribution is 2.30. The fraction of sp³-hybridized carbons (Fsp3) is 0.227. The Kier molecular flexibility index (Phi) is 7.09. The predicted octanol–water partition coefficient (Wildman–Crippen LogP) is 4.70. The first-order valence-corrected chi connectivity index (χ1v) is 10.1. The van der Waals surface area contributed by atoms with E-state index in [0.717, 1.165) is 5.70 Å². The van der Waals surface area contributed by atoms with Gasteiger partial charge in [0.05, 0.1) is 10.7 Å². The summed E-state index contributed by atoms with van der Waals surface area (Å²) in [6.07, 6.45) is -5.72. The van der Waals surface area contributed by atoms with E-state index in [1.54, 1.807) is 19.1 Å². The summed E-state index contributed by atoms with van der Waals surface area (Å²) in [6, 6.07) is 10.1. The lowest BCUT2D eigenvalue weighted by molar-refractivity contribution is -0.205. The summed E-state index contributed by atoms with van der Waals surface area (Å²) >= 11 is 6.28. The zero-order valence-corrected chi connectivity index (χ0v) is 18.0. The Morgan fingerprint density at radius 1 is 1.12 bits per heavy atom. The van der Waals surface area contributed by atoms with Crippen LogP contribution in [0.2, 0.25) is 5.02 Å². The number of ketones is 1. The summed E-state index contributed by atoms with van der Waals surface area (Å²) in [6.45, 7) is 1.74. The summed E-state index contributed by atoms with van der Waals surface area (Å²) in [7, 11) is 0. The molecule has 0 heterocycles. The molecule has 0 fully saturated rings. The summed E-state index contributed by atoms with van der Waals surface area (Å²) in [4.78, 5) is 35.1. The van der Waals surface area contributed by atoms with E-state index in [9.17, 15) is 27.6 Å². The Morgan fingerprint density at radius 3 is 2.33 bits per heavy atom. The number of hydrogen-bond donors (Lipinski definition) is 3. The van der Waals surface area contributed by atoms with Crippen molar-refractivity contribution in [1.82, 2.24) is 0 Å². The minimum Gasteiger partial charge on any atom is -0.436 e. The van der Waals surface area contributed by atoms with Crippen molar-refractivity contribution in [1.29, 1.82) is 0 Å². The van der Waals surface area contributed by atoms with Gasteiger partial charge in [-0.1, -0.05) is 23.7 Å². The highest BCUT2D eigenvalue weighted by Gasteiger charge is 2.42. The molecule has 2 aromatic carbocycles. The minimum absolute atomic E-state index is 0.0788. The van der Waals surface area contributed by atoms with Gasteiger partial charge in [0.1, 0.15) is 0 Å². The lowest BCUT2D eigenvalue weighted by Crippen LogP contribution is -2.30. The van der Waals surface area contributed by atoms with Crippen LogP contribution in [0.3, 0.4) is 0 Å². The Morgan fingerprint density at radius 2 is 1.79 bits per heavy atom. The topological polar surface area (TPSA) is 111 Å². The summed E-state index contributed by atoms with van der Waals surface area (Å²) in [5.74, 6) is -2.79. The largest absolute Gasteiger partial charge is 0.490 e. The Labute approximate surface area is 191 Å². The molecule has 4 N–H and O–H groups in total. The quantitative estimate of drug-likeness (QED) is 0.407. The molecule has 33 heavy (non-hydrogen) atoms. The van der Waals surface area contributed by atoms with Crippen molar-refractivity contribution in [2.45, 2.75) is 32.2 Å². The summed E-state index contributed by atoms with van der Waals surface area (Å²) in [5, 5.41) is 6.03. The van der Waals surface area contributed by atoms with E-state index in [2.05, 4.69) is 15.4 Å². The number of carbonyl (C=O) groups is 3. The zero-order valence-electron chi connectivity index (χ0n) is 17.3. The number of allylic oxidation sites excluding steroid dienone is 2. The van der Waals surface area contributed by atoms with Gasteiger partial charge in [-0.2, -0.15) is 13.2 Å². The number of hydrogen-bond acceptors (Lipinski definition) is 6. The molecule has 11 heteroatoms. The summed E-state index contributed by atoms with van der Waals surface area (Å²) < 4.78 is 41.0. The van der Waals surface area contributed by atoms with Crippen LogP contribution in [0.1, 0.15) is 41.9 Å². The van der Waals surface area contributed by atoms with E-state index in [1.165, 1.54) is 30.3 Å². The van der Waals surface area contributed by atoms with Crippen molar-refractivity contribution >= 4 is 40.6 Å². The molecule has 0 aliphatic heterocycles. The normalized spacial score (nSPS) is 14.8. The molecule has 0 radical (unpaired) electrons. The molecule has 0 aromatic heterocycles. The van der Waals surface area contributed by atoms with E-state index in [-0.39, 0.29) is 21.9 Å². The first kappa shape index (κ1) is 24.3. The first-order valence-electron chi connectivity index (χ1n) is 9.70. The van der Waals surface area contributed by atoms with Crippen molar-refractivity contribution in [3.63, 3.8) is 0 Å². The van der Waals surface area contributed by atoms with Crippen LogP contribution in [0, 0.1) is 0 Å². The molecule has 0 saturated heterocycles. The van der Waals surface area contributed by atoms with Gasteiger partial charge in [-0.25, -0.2) is 4.79 Å². The van der Waals surface area contributed by atoms with Crippen molar-refractivity contribution in [3.8, 4) is 0 Å². The number of carbonyl (C=O) groups excluding carboxylic acids is 3. The molecule has 1 aliphatic rings. The van der Waals surface area contributed by atoms with Gasteiger partial charge in [0, 0.05) is 34.5 Å². The Hall–Kier alpha value is -3.37. The average molecular weight is 482 g/mol. The molecule has 0 bridgehead atoms. The maximum atomic E-state index is 12.5. The van der Waals surface area contributed by atoms with Crippen molar-refractivity contribution in [2.24, 2.45) is 5.73 Å². The predicted molar refractivity (Wildman–Crippen MR) is 115 cm³/mol. The van der Waals surface area contributed by atoms with E-state index in [4.69, 9.17) is 17.3 Å². The van der Waals surface area contributed by atoms with Crippen molar-refractivity contribution in [3.05, 3.63) is 69.9 Å². The third kappa shape index (κ3) is 5.91. The van der Waals surface area contributed by atoms with Gasteiger partial charge in [0.25, 0.3) is 5.91 Å². The fourth-order valence-electron chi connectivity index (χ4n) is 3.07. The molecule has 7 nitrogen and oxygen atoms in total. The molecule has 174 valence electrons. The average Bonchev–Trinajstić information content (AvgIpc) is 3.07. The molecule has 3 rings (SSSR count). The number of ether oxygens (including phenoxy) is 1. The van der Waals surface area contributed by atoms with E-state index in [1.807, 2.05) is 0 Å². The second kappa shape index (κ2) is 9.63. The highest BCUT2D eigenvalue weighted by atomic mass is 35.5. The lowest BCUT2D eigenvalue weighted by atomic mass is 10.1. The molecular formula is C22H19ClF3N3O4. The van der Waals surface area contributed by atoms with Crippen molar-refractivity contribution in [2.75, 3.05) is 10.6 Å². The number of halogens is 4. The zero-order chi connectivity index (χ0) is 24.3. The number of rotatable bonds is 6. The molecule has 0 saturated carbocycles. The Bertz CT molecular complexity index is 1130. The fourth-order valence-corrected chi connectivity index (χ4v) is 3.30. The molecule has 1 aliphatic carbocycles. The summed E-state index contributed by atoms with van der Waals surface area (Å²) in [5.41, 5.74) is 8.18. The second-order valence-electron chi connectivity index (χ2n) is 7.25.